The molecular weight excluding hydrogens is 1760 g/mol. The molecular formula is C90H114BCl3N17NaO13S3. The summed E-state index contributed by atoms with van der Waals surface area (Å²) in [6, 6.07) is 54.9. The number of aryl methyl sites for hydroxylation is 7. The molecule has 0 fully saturated rings. The van der Waals surface area contributed by atoms with Crippen LogP contribution in [0.3, 0.4) is 0 Å². The van der Waals surface area contributed by atoms with E-state index in [2.05, 4.69) is 86.5 Å². The molecule has 0 radical (unpaired) electrons. The number of benzene rings is 6. The topological polar surface area (TPSA) is 446 Å². The molecule has 0 aliphatic heterocycles. The van der Waals surface area contributed by atoms with E-state index in [1.54, 1.807) is 191 Å². The molecule has 0 unspecified atom stereocenters. The summed E-state index contributed by atoms with van der Waals surface area (Å²) < 4.78 is 82.8. The van der Waals surface area contributed by atoms with E-state index in [1.807, 2.05) is 100 Å². The molecule has 680 valence electrons. The Hall–Kier alpha value is -9.38. The molecule has 30 nitrogen and oxygen atoms in total. The van der Waals surface area contributed by atoms with Gasteiger partial charge in [-0.05, 0) is 213 Å². The molecule has 38 heteroatoms. The van der Waals surface area contributed by atoms with E-state index >= 15 is 0 Å². The third-order valence-electron chi connectivity index (χ3n) is 18.6. The summed E-state index contributed by atoms with van der Waals surface area (Å²) in [6.45, 7) is 37.6. The van der Waals surface area contributed by atoms with Crippen LogP contribution in [-0.4, -0.2) is 200 Å². The number of aromatic nitrogens is 12. The molecule has 0 spiro atoms. The molecule has 0 saturated carbocycles. The van der Waals surface area contributed by atoms with Crippen LogP contribution in [0.2, 0.25) is 15.7 Å². The molecule has 8 aromatic heterocycles. The van der Waals surface area contributed by atoms with Crippen LogP contribution in [0.25, 0.3) is 66.9 Å². The number of H-pyrrole nitrogens is 1. The van der Waals surface area contributed by atoms with E-state index in [0.717, 1.165) is 65.4 Å². The summed E-state index contributed by atoms with van der Waals surface area (Å²) >= 11 is 17.9. The molecule has 128 heavy (non-hydrogen) atoms. The minimum atomic E-state index is -3.88. The average Bonchev–Trinajstić information content (AvgIpc) is 1.60. The molecule has 0 bridgehead atoms. The van der Waals surface area contributed by atoms with Crippen molar-refractivity contribution >= 4 is 139 Å². The second-order valence-electron chi connectivity index (χ2n) is 32.1. The second kappa shape index (κ2) is 46.9. The minimum Gasteiger partial charge on any atom is -0.857 e. The van der Waals surface area contributed by atoms with Crippen LogP contribution in [0, 0.1) is 48.5 Å². The van der Waals surface area contributed by atoms with Gasteiger partial charge in [-0.3, -0.25) is 0 Å². The van der Waals surface area contributed by atoms with Crippen LogP contribution < -0.4 is 61.8 Å². The first kappa shape index (κ1) is 107. The summed E-state index contributed by atoms with van der Waals surface area (Å²) in [4.78, 5) is 40.8. The van der Waals surface area contributed by atoms with E-state index < -0.39 is 59.6 Å². The molecule has 0 saturated heterocycles. The first-order valence-electron chi connectivity index (χ1n) is 40.5. The molecule has 14 rings (SSSR count). The Labute approximate surface area is 787 Å². The Bertz CT molecular complexity index is 6310. The first-order chi connectivity index (χ1) is 59.5. The van der Waals surface area contributed by atoms with E-state index in [9.17, 15) is 40.6 Å². The molecule has 14 aromatic rings. The Morgan fingerprint density at radius 1 is 0.422 bits per heavy atom. The van der Waals surface area contributed by atoms with Crippen LogP contribution in [0.4, 0.5) is 17.5 Å². The first-order valence-corrected chi connectivity index (χ1v) is 45.9. The predicted molar refractivity (Wildman–Crippen MR) is 508 cm³/mol. The van der Waals surface area contributed by atoms with Crippen molar-refractivity contribution in [1.29, 1.82) is 0 Å². The van der Waals surface area contributed by atoms with Crippen LogP contribution in [0.1, 0.15) is 116 Å². The number of aliphatic hydroxyl groups is 4. The Kier molecular flexibility index (Phi) is 39.4. The second-order valence-corrected chi connectivity index (χ2v) is 38.5. The van der Waals surface area contributed by atoms with Gasteiger partial charge in [-0.25, -0.2) is 67.1 Å². The van der Waals surface area contributed by atoms with Crippen LogP contribution in [0.15, 0.2) is 203 Å². The molecule has 0 aliphatic carbocycles. The summed E-state index contributed by atoms with van der Waals surface area (Å²) in [5, 5.41) is 76.0. The summed E-state index contributed by atoms with van der Waals surface area (Å²) in [5.74, 6) is 2.63. The third-order valence-corrected chi connectivity index (χ3v) is 24.7. The maximum absolute atomic E-state index is 13.6. The van der Waals surface area contributed by atoms with E-state index in [1.165, 1.54) is 23.6 Å². The zero-order valence-electron chi connectivity index (χ0n) is 75.8. The van der Waals surface area contributed by atoms with Crippen molar-refractivity contribution < 1.29 is 90.4 Å². The number of halogens is 3. The van der Waals surface area contributed by atoms with Gasteiger partial charge in [-0.2, -0.15) is 17.1 Å². The fraction of sp³-hybridized carbons (Fsp3) is 0.333. The standard InChI is InChI=1S/C24H26N4O3S.C18H21ClN4O3S.C17H20N4O.C14H11Cl2N3O2S.C6H7BO2.C6H15N.C4H11NO.CH3O.Na/c1-16-10-12-19(13-11-16)32(30,31)28-17(2)14-20-22(25-15-24(3,4)29)26-21(27-23(20)28)18-8-6-5-7-9-18;1-11-5-7-13(8-6-11)27(25,26)23-12(2)9-14-15(20-10-18(3,4)24)21-17(19)22-16(14)23;1-11-9-13-15(18-10-17(2,3)22)20-14(21-16(13)19-11)12-7-5-4-6-8-12;1-8-3-5-10(6-4-8)22(20,21)19-9(2)7-11-12(15)17-14(16)18-13(11)19;8-7(9)6-4-2-1-3-5-6;1-4-7(5-2)6-3;1-4(2,6)3-5;1-2;/h5-14,29H,15H2,1-4H3,(H,25,26,27);5-9,24H,10H2,1-4H3,(H,20,21,22);4-9,22H,10H2,1-3H3,(H2,18,19,20,21);3-7H,1-2H3;1-5,8-9H;4-6H2,1-3H3;6H,3,5H2,1-2H3;1H3;/q;;;;;;;-1;+1. The van der Waals surface area contributed by atoms with E-state index in [-0.39, 0.29) is 90.0 Å². The third kappa shape index (κ3) is 30.1. The number of nitrogens with one attached hydrogen (secondary N) is 4. The minimum absolute atomic E-state index is 0. The predicted octanol–water partition coefficient (Wildman–Crippen LogP) is 10.4. The van der Waals surface area contributed by atoms with Gasteiger partial charge in [0.15, 0.2) is 28.6 Å². The quantitative estimate of drug-likeness (QED) is 0.0171. The van der Waals surface area contributed by atoms with Gasteiger partial charge in [-0.15, -0.1) is 0 Å². The van der Waals surface area contributed by atoms with Crippen molar-refractivity contribution in [2.45, 2.75) is 162 Å². The monoisotopic (exact) mass is 1880 g/mol. The molecule has 0 atom stereocenters. The van der Waals surface area contributed by atoms with Gasteiger partial charge >= 0.3 is 36.7 Å². The van der Waals surface area contributed by atoms with Gasteiger partial charge in [0, 0.05) is 60.1 Å². The SMILES string of the molecule is CC(C)(O)CN.CCN(CC)CC.C[O-].Cc1cc2c(NCC(C)(C)O)nc(-c3ccccc3)nc2[nH]1.Cc1ccc(S(=O)(=O)n2c(C)cc3c(Cl)nc(Cl)nc32)cc1.Cc1ccc(S(=O)(=O)n2c(C)cc3c(NCC(C)(C)O)nc(-c4ccccc4)nc32)cc1.Cc1ccc(S(=O)(=O)n2c(C)cc3c(NCC(C)(C)O)nc(Cl)nc32)cc1.OB(O)c1ccccc1.[Na+]. The smallest absolute Gasteiger partial charge is 0.857 e. The number of anilines is 3. The number of rotatable bonds is 22. The molecule has 8 heterocycles. The largest absolute Gasteiger partial charge is 1.00 e. The van der Waals surface area contributed by atoms with E-state index in [4.69, 9.17) is 60.8 Å². The van der Waals surface area contributed by atoms with Crippen LogP contribution in [-0.2, 0) is 30.1 Å². The van der Waals surface area contributed by atoms with Gasteiger partial charge in [0.1, 0.15) is 28.3 Å². The van der Waals surface area contributed by atoms with Gasteiger partial charge in [0.2, 0.25) is 10.6 Å². The van der Waals surface area contributed by atoms with Gasteiger partial charge < -0.3 is 67.1 Å². The van der Waals surface area contributed by atoms with Crippen LogP contribution >= 0.6 is 34.8 Å². The van der Waals surface area contributed by atoms with Crippen molar-refractivity contribution in [2.24, 2.45) is 5.73 Å². The summed E-state index contributed by atoms with van der Waals surface area (Å²) in [7, 11) is -12.1. The van der Waals surface area contributed by atoms with Gasteiger partial charge in [0.05, 0.1) is 58.6 Å². The van der Waals surface area contributed by atoms with Crippen molar-refractivity contribution in [1.82, 2.24) is 61.7 Å². The van der Waals surface area contributed by atoms with Crippen molar-refractivity contribution in [3.8, 4) is 22.8 Å². The zero-order valence-corrected chi connectivity index (χ0v) is 82.5. The maximum Gasteiger partial charge on any atom is 1.00 e. The number of hydrogen-bond donors (Lipinski definition) is 11. The zero-order chi connectivity index (χ0) is 94.5. The fourth-order valence-electron chi connectivity index (χ4n) is 12.0. The van der Waals surface area contributed by atoms with Crippen molar-refractivity contribution in [2.75, 3.05) is 68.9 Å². The number of nitrogens with two attached hydrogens (primary N) is 1. The Morgan fingerprint density at radius 3 is 1.05 bits per heavy atom. The number of aromatic amines is 1. The Morgan fingerprint density at radius 2 is 0.727 bits per heavy atom. The normalized spacial score (nSPS) is 11.6. The van der Waals surface area contributed by atoms with Gasteiger partial charge in [-0.1, -0.05) is 176 Å². The summed E-state index contributed by atoms with van der Waals surface area (Å²) in [5.41, 5.74) is 10.7. The molecule has 0 amide bonds. The molecule has 12 N–H and O–H groups in total. The van der Waals surface area contributed by atoms with E-state index in [0.29, 0.717) is 75.1 Å². The van der Waals surface area contributed by atoms with Crippen LogP contribution in [0.5, 0.6) is 0 Å². The fourth-order valence-corrected chi connectivity index (χ4v) is 17.0. The summed E-state index contributed by atoms with van der Waals surface area (Å²) in [6.07, 6.45) is 0. The van der Waals surface area contributed by atoms with Crippen molar-refractivity contribution in [3.63, 3.8) is 0 Å². The maximum atomic E-state index is 13.6. The average molecular weight is 1880 g/mol. The number of hydrogen-bond acceptors (Lipinski definition) is 26. The molecule has 6 aromatic carbocycles. The number of fused-ring (bicyclic) bond motifs is 4. The van der Waals surface area contributed by atoms with Crippen molar-refractivity contribution in [3.05, 3.63) is 243 Å². The molecule has 0 aliphatic rings. The van der Waals surface area contributed by atoms with Gasteiger partial charge in [0.25, 0.3) is 30.1 Å². The number of nitrogens with zero attached hydrogens (tertiary/aromatic N) is 12. The Balaban J connectivity index is 0.000000243.